The molecule has 0 aliphatic heterocycles. The molecule has 14 heteroatoms. The molecule has 0 spiro atoms. The summed E-state index contributed by atoms with van der Waals surface area (Å²) < 4.78 is 115. The molecule has 0 amide bonds. The summed E-state index contributed by atoms with van der Waals surface area (Å²) >= 11 is 0. The number of oxazole rings is 1. The first-order valence-electron chi connectivity index (χ1n) is 13.3. The van der Waals surface area contributed by atoms with Gasteiger partial charge in [0.1, 0.15) is 11.5 Å². The smallest absolute Gasteiger partial charge is 0.434 e. The maximum Gasteiger partial charge on any atom is 0.434 e. The lowest BCUT2D eigenvalue weighted by molar-refractivity contribution is -0.141. The summed E-state index contributed by atoms with van der Waals surface area (Å²) in [5.74, 6) is -0.226. The summed E-state index contributed by atoms with van der Waals surface area (Å²) in [5.41, 5.74) is -1.14. The summed E-state index contributed by atoms with van der Waals surface area (Å²) in [4.78, 5) is 7.74. The van der Waals surface area contributed by atoms with Gasteiger partial charge in [-0.25, -0.2) is 18.4 Å². The molecule has 0 bridgehead atoms. The van der Waals surface area contributed by atoms with Gasteiger partial charge in [-0.2, -0.15) is 26.3 Å². The van der Waals surface area contributed by atoms with E-state index in [9.17, 15) is 39.9 Å². The van der Waals surface area contributed by atoms with Gasteiger partial charge in [-0.3, -0.25) is 0 Å². The van der Waals surface area contributed by atoms with E-state index in [1.165, 1.54) is 56.3 Å². The lowest BCUT2D eigenvalue weighted by atomic mass is 9.95. The monoisotopic (exact) mass is 649 g/mol. The Hall–Kier alpha value is -4.43. The lowest BCUT2D eigenvalue weighted by Gasteiger charge is -2.17. The van der Waals surface area contributed by atoms with E-state index in [2.05, 4.69) is 9.97 Å². The van der Waals surface area contributed by atoms with Crippen LogP contribution >= 0.6 is 0 Å². The molecule has 0 radical (unpaired) electrons. The summed E-state index contributed by atoms with van der Waals surface area (Å²) in [5, 5.41) is 9.83. The van der Waals surface area contributed by atoms with Gasteiger partial charge in [-0.05, 0) is 60.4 Å². The second-order valence-electron chi connectivity index (χ2n) is 10.4. The van der Waals surface area contributed by atoms with Crippen molar-refractivity contribution in [2.24, 2.45) is 0 Å². The van der Waals surface area contributed by atoms with Crippen LogP contribution in [-0.2, 0) is 28.8 Å². The van der Waals surface area contributed by atoms with E-state index in [4.69, 9.17) is 4.42 Å². The molecule has 0 saturated heterocycles. The van der Waals surface area contributed by atoms with Crippen LogP contribution in [-0.4, -0.2) is 34.3 Å². The van der Waals surface area contributed by atoms with Crippen LogP contribution < -0.4 is 0 Å². The van der Waals surface area contributed by atoms with E-state index in [0.717, 1.165) is 23.1 Å². The number of aliphatic hydroxyl groups excluding tert-OH is 1. The fourth-order valence-corrected chi connectivity index (χ4v) is 6.19. The molecule has 0 aliphatic carbocycles. The van der Waals surface area contributed by atoms with Gasteiger partial charge in [-0.15, -0.1) is 0 Å². The minimum absolute atomic E-state index is 0.00540. The Labute approximate surface area is 253 Å². The van der Waals surface area contributed by atoms with E-state index in [0.29, 0.717) is 16.7 Å². The van der Waals surface area contributed by atoms with Crippen LogP contribution in [0.2, 0.25) is 0 Å². The maximum atomic E-state index is 14.1. The number of hydrogen-bond donors (Lipinski definition) is 1. The van der Waals surface area contributed by atoms with Crippen molar-refractivity contribution in [3.05, 3.63) is 94.9 Å². The van der Waals surface area contributed by atoms with Crippen molar-refractivity contribution in [2.75, 3.05) is 6.26 Å². The minimum Gasteiger partial charge on any atom is -0.440 e. The van der Waals surface area contributed by atoms with Gasteiger partial charge in [-0.1, -0.05) is 30.3 Å². The fraction of sp³-hybridized carbons (Fsp3) is 0.226. The number of rotatable bonds is 6. The molecule has 2 heterocycles. The van der Waals surface area contributed by atoms with Crippen molar-refractivity contribution < 1.29 is 44.3 Å². The van der Waals surface area contributed by atoms with Crippen molar-refractivity contribution in [1.82, 2.24) is 14.5 Å². The van der Waals surface area contributed by atoms with Crippen LogP contribution in [0.4, 0.5) is 26.3 Å². The molecule has 0 fully saturated rings. The summed E-state index contributed by atoms with van der Waals surface area (Å²) in [6.07, 6.45) is -7.78. The number of aromatic nitrogens is 3. The highest BCUT2D eigenvalue weighted by Crippen LogP contribution is 2.44. The van der Waals surface area contributed by atoms with Crippen molar-refractivity contribution in [3.8, 4) is 39.4 Å². The van der Waals surface area contributed by atoms with Gasteiger partial charge in [0, 0.05) is 30.5 Å². The molecular weight excluding hydrogens is 624 g/mol. The molecule has 0 atom stereocenters. The van der Waals surface area contributed by atoms with Gasteiger partial charge in [0.2, 0.25) is 0 Å². The molecule has 0 aliphatic rings. The van der Waals surface area contributed by atoms with Crippen molar-refractivity contribution in [3.63, 3.8) is 0 Å². The van der Waals surface area contributed by atoms with Crippen LogP contribution in [0.1, 0.15) is 34.1 Å². The van der Waals surface area contributed by atoms with Crippen LogP contribution in [0.5, 0.6) is 0 Å². The first kappa shape index (κ1) is 32.0. The standard InChI is InChI=1S/C31H25F6N3O4S/c1-16-11-20(13-26(23(16)15-41)45(4,42)43)19-9-10-25(40-14-27(31(35,36)37)38-17(40)2)22(12-19)29-28(39-18(3)44-29)21-7-5-6-8-24(21)30(32,33)34/h5-14,41H,15H2,1-4H3. The van der Waals surface area contributed by atoms with Gasteiger partial charge >= 0.3 is 12.4 Å². The van der Waals surface area contributed by atoms with Crippen LogP contribution in [0.15, 0.2) is 70.1 Å². The fourth-order valence-electron chi connectivity index (χ4n) is 5.17. The third-order valence-corrected chi connectivity index (χ3v) is 8.38. The largest absolute Gasteiger partial charge is 0.440 e. The zero-order valence-electron chi connectivity index (χ0n) is 24.2. The van der Waals surface area contributed by atoms with Crippen LogP contribution in [0.3, 0.4) is 0 Å². The molecular formula is C31H25F6N3O4S. The minimum atomic E-state index is -4.77. The molecule has 0 saturated carbocycles. The van der Waals surface area contributed by atoms with Gasteiger partial charge in [0.25, 0.3) is 0 Å². The van der Waals surface area contributed by atoms with Crippen molar-refractivity contribution in [2.45, 2.75) is 44.6 Å². The second-order valence-corrected chi connectivity index (χ2v) is 12.4. The highest BCUT2D eigenvalue weighted by Gasteiger charge is 2.37. The van der Waals surface area contributed by atoms with E-state index in [1.807, 2.05) is 0 Å². The third-order valence-electron chi connectivity index (χ3n) is 7.22. The summed E-state index contributed by atoms with van der Waals surface area (Å²) in [6, 6.07) is 12.1. The molecule has 5 aromatic rings. The average Bonchev–Trinajstić information content (AvgIpc) is 3.54. The number of aliphatic hydroxyl groups is 1. The molecule has 236 valence electrons. The van der Waals surface area contributed by atoms with E-state index in [1.54, 1.807) is 13.0 Å². The van der Waals surface area contributed by atoms with E-state index in [-0.39, 0.29) is 50.4 Å². The van der Waals surface area contributed by atoms with Crippen LogP contribution in [0, 0.1) is 20.8 Å². The second kappa shape index (κ2) is 11.2. The topological polar surface area (TPSA) is 98.2 Å². The molecule has 3 aromatic carbocycles. The Bertz CT molecular complexity index is 2040. The Morgan fingerprint density at radius 1 is 0.867 bits per heavy atom. The number of hydrogen-bond acceptors (Lipinski definition) is 6. The molecule has 5 rings (SSSR count). The zero-order chi connectivity index (χ0) is 33.1. The molecule has 0 unspecified atom stereocenters. The predicted molar refractivity (Wildman–Crippen MR) is 153 cm³/mol. The first-order chi connectivity index (χ1) is 20.9. The Morgan fingerprint density at radius 3 is 2.16 bits per heavy atom. The van der Waals surface area contributed by atoms with Crippen LogP contribution in [0.25, 0.3) is 39.4 Å². The highest BCUT2D eigenvalue weighted by atomic mass is 32.2. The van der Waals surface area contributed by atoms with E-state index < -0.39 is 40.1 Å². The molecule has 1 N–H and O–H groups in total. The van der Waals surface area contributed by atoms with Crippen molar-refractivity contribution >= 4 is 9.84 Å². The van der Waals surface area contributed by atoms with Gasteiger partial charge in [0.15, 0.2) is 27.2 Å². The molecule has 2 aromatic heterocycles. The maximum absolute atomic E-state index is 14.1. The number of aryl methyl sites for hydroxylation is 3. The lowest BCUT2D eigenvalue weighted by Crippen LogP contribution is -2.07. The molecule has 45 heavy (non-hydrogen) atoms. The number of alkyl halides is 6. The summed E-state index contributed by atoms with van der Waals surface area (Å²) in [7, 11) is -3.80. The Kier molecular flexibility index (Phi) is 7.94. The average molecular weight is 650 g/mol. The van der Waals surface area contributed by atoms with Gasteiger partial charge in [0.05, 0.1) is 22.8 Å². The SMILES string of the molecule is Cc1nc(-c2ccccc2C(F)(F)F)c(-c2cc(-c3cc(C)c(CO)c(S(C)(=O)=O)c3)ccc2-n2cc(C(F)(F)F)nc2C)o1. The number of halogens is 6. The highest BCUT2D eigenvalue weighted by molar-refractivity contribution is 7.90. The Morgan fingerprint density at radius 2 is 1.56 bits per heavy atom. The number of imidazole rings is 1. The van der Waals surface area contributed by atoms with E-state index >= 15 is 0 Å². The van der Waals surface area contributed by atoms with Crippen molar-refractivity contribution in [1.29, 1.82) is 0 Å². The van der Waals surface area contributed by atoms with Gasteiger partial charge < -0.3 is 14.1 Å². The number of sulfone groups is 1. The number of nitrogens with zero attached hydrogens (tertiary/aromatic N) is 3. The number of benzene rings is 3. The first-order valence-corrected chi connectivity index (χ1v) is 15.2. The summed E-state index contributed by atoms with van der Waals surface area (Å²) in [6.45, 7) is 3.83. The zero-order valence-corrected chi connectivity index (χ0v) is 25.0. The Balaban J connectivity index is 1.84. The normalized spacial score (nSPS) is 12.6. The predicted octanol–water partition coefficient (Wildman–Crippen LogP) is 7.72. The third kappa shape index (κ3) is 6.12. The molecule has 7 nitrogen and oxygen atoms in total. The quantitative estimate of drug-likeness (QED) is 0.189.